The number of aromatic nitrogens is 1. The lowest BCUT2D eigenvalue weighted by atomic mass is 10.1. The summed E-state index contributed by atoms with van der Waals surface area (Å²) in [7, 11) is 0. The molecule has 0 aliphatic carbocycles. The minimum atomic E-state index is -4.48. The molecule has 1 aliphatic rings. The highest BCUT2D eigenvalue weighted by Crippen LogP contribution is 2.36. The van der Waals surface area contributed by atoms with Gasteiger partial charge in [0, 0.05) is 48.2 Å². The van der Waals surface area contributed by atoms with Gasteiger partial charge in [0.1, 0.15) is 5.75 Å². The van der Waals surface area contributed by atoms with E-state index in [4.69, 9.17) is 4.74 Å². The van der Waals surface area contributed by atoms with Gasteiger partial charge in [0.05, 0.1) is 17.7 Å². The Labute approximate surface area is 202 Å². The minimum absolute atomic E-state index is 0.196. The van der Waals surface area contributed by atoms with Crippen LogP contribution in [-0.4, -0.2) is 23.0 Å². The first-order valence-corrected chi connectivity index (χ1v) is 11.6. The van der Waals surface area contributed by atoms with Crippen LogP contribution >= 0.6 is 0 Å². The number of halogens is 3. The molecule has 35 heavy (non-hydrogen) atoms. The SMILES string of the molecule is Cc1cc(Nc2cc(OCCCN3Cc4ccccc4C3)cc(C(F)(F)F)c2)c2ccccc2n1. The van der Waals surface area contributed by atoms with Crippen molar-refractivity contribution in [2.24, 2.45) is 0 Å². The normalized spacial score (nSPS) is 13.7. The Balaban J connectivity index is 1.29. The molecule has 1 N–H and O–H groups in total. The molecule has 2 heterocycles. The van der Waals surface area contributed by atoms with Crippen LogP contribution in [0.1, 0.15) is 28.8 Å². The minimum Gasteiger partial charge on any atom is -0.493 e. The number of anilines is 2. The van der Waals surface area contributed by atoms with Crippen LogP contribution in [-0.2, 0) is 19.3 Å². The van der Waals surface area contributed by atoms with Crippen LogP contribution in [0.5, 0.6) is 5.75 Å². The molecule has 180 valence electrons. The van der Waals surface area contributed by atoms with Crippen LogP contribution in [0.15, 0.2) is 72.8 Å². The summed E-state index contributed by atoms with van der Waals surface area (Å²) in [6.07, 6.45) is -3.76. The van der Waals surface area contributed by atoms with Crippen molar-refractivity contribution in [3.8, 4) is 5.75 Å². The zero-order valence-corrected chi connectivity index (χ0v) is 19.4. The Kier molecular flexibility index (Phi) is 6.34. The van der Waals surface area contributed by atoms with Crippen molar-refractivity contribution in [3.63, 3.8) is 0 Å². The quantitative estimate of drug-likeness (QED) is 0.288. The molecule has 4 nitrogen and oxygen atoms in total. The lowest BCUT2D eigenvalue weighted by Gasteiger charge is -2.17. The topological polar surface area (TPSA) is 37.4 Å². The second-order valence-electron chi connectivity index (χ2n) is 8.88. The van der Waals surface area contributed by atoms with E-state index in [1.807, 2.05) is 49.4 Å². The molecule has 1 aliphatic heterocycles. The predicted molar refractivity (Wildman–Crippen MR) is 132 cm³/mol. The van der Waals surface area contributed by atoms with Crippen molar-refractivity contribution in [2.45, 2.75) is 32.6 Å². The molecule has 3 aromatic carbocycles. The van der Waals surface area contributed by atoms with E-state index < -0.39 is 11.7 Å². The number of hydrogen-bond acceptors (Lipinski definition) is 4. The van der Waals surface area contributed by atoms with Gasteiger partial charge in [-0.3, -0.25) is 9.88 Å². The maximum absolute atomic E-state index is 13.6. The van der Waals surface area contributed by atoms with Crippen molar-refractivity contribution in [1.29, 1.82) is 0 Å². The number of alkyl halides is 3. The molecule has 1 aromatic heterocycles. The summed E-state index contributed by atoms with van der Waals surface area (Å²) < 4.78 is 46.7. The summed E-state index contributed by atoms with van der Waals surface area (Å²) in [6.45, 7) is 4.81. The van der Waals surface area contributed by atoms with E-state index in [1.165, 1.54) is 11.1 Å². The zero-order chi connectivity index (χ0) is 24.4. The molecule has 0 saturated heterocycles. The fraction of sp³-hybridized carbons (Fsp3) is 0.250. The van der Waals surface area contributed by atoms with Crippen molar-refractivity contribution in [1.82, 2.24) is 9.88 Å². The third-order valence-electron chi connectivity index (χ3n) is 6.15. The highest BCUT2D eigenvalue weighted by molar-refractivity contribution is 5.93. The highest BCUT2D eigenvalue weighted by Gasteiger charge is 2.31. The van der Waals surface area contributed by atoms with Crippen LogP contribution in [0.4, 0.5) is 24.5 Å². The lowest BCUT2D eigenvalue weighted by Crippen LogP contribution is -2.19. The first-order chi connectivity index (χ1) is 16.8. The Bertz CT molecular complexity index is 1330. The van der Waals surface area contributed by atoms with Gasteiger partial charge in [0.15, 0.2) is 0 Å². The smallest absolute Gasteiger partial charge is 0.416 e. The second-order valence-corrected chi connectivity index (χ2v) is 8.88. The molecular formula is C28H26F3N3O. The summed E-state index contributed by atoms with van der Waals surface area (Å²) >= 11 is 0. The maximum Gasteiger partial charge on any atom is 0.416 e. The molecule has 4 aromatic rings. The molecule has 5 rings (SSSR count). The fourth-order valence-corrected chi connectivity index (χ4v) is 4.52. The van der Waals surface area contributed by atoms with Crippen molar-refractivity contribution >= 4 is 22.3 Å². The van der Waals surface area contributed by atoms with Gasteiger partial charge in [0.2, 0.25) is 0 Å². The molecule has 0 radical (unpaired) electrons. The number of ether oxygens (including phenoxy) is 1. The van der Waals surface area contributed by atoms with E-state index in [-0.39, 0.29) is 5.75 Å². The highest BCUT2D eigenvalue weighted by atomic mass is 19.4. The van der Waals surface area contributed by atoms with E-state index in [9.17, 15) is 13.2 Å². The number of aryl methyl sites for hydroxylation is 1. The van der Waals surface area contributed by atoms with Gasteiger partial charge in [-0.1, -0.05) is 42.5 Å². The summed E-state index contributed by atoms with van der Waals surface area (Å²) in [6, 6.07) is 21.5. The molecule has 0 saturated carbocycles. The molecule has 0 amide bonds. The number of fused-ring (bicyclic) bond motifs is 2. The van der Waals surface area contributed by atoms with E-state index in [0.717, 1.165) is 54.8 Å². The molecular weight excluding hydrogens is 451 g/mol. The number of benzene rings is 3. The third-order valence-corrected chi connectivity index (χ3v) is 6.15. The molecule has 0 unspecified atom stereocenters. The Morgan fingerprint density at radius 3 is 2.40 bits per heavy atom. The largest absolute Gasteiger partial charge is 0.493 e. The van der Waals surface area contributed by atoms with Crippen molar-refractivity contribution in [3.05, 3.63) is 95.2 Å². The molecule has 0 fully saturated rings. The van der Waals surface area contributed by atoms with Crippen LogP contribution in [0.25, 0.3) is 10.9 Å². The van der Waals surface area contributed by atoms with Crippen molar-refractivity contribution in [2.75, 3.05) is 18.5 Å². The van der Waals surface area contributed by atoms with Gasteiger partial charge in [-0.05, 0) is 48.7 Å². The van der Waals surface area contributed by atoms with Crippen LogP contribution in [0.3, 0.4) is 0 Å². The molecule has 0 bridgehead atoms. The first-order valence-electron chi connectivity index (χ1n) is 11.6. The summed E-state index contributed by atoms with van der Waals surface area (Å²) in [5, 5.41) is 4.00. The van der Waals surface area contributed by atoms with E-state index in [0.29, 0.717) is 18.0 Å². The lowest BCUT2D eigenvalue weighted by molar-refractivity contribution is -0.137. The zero-order valence-electron chi connectivity index (χ0n) is 19.4. The molecule has 0 spiro atoms. The number of nitrogens with one attached hydrogen (secondary N) is 1. The first kappa shape index (κ1) is 23.2. The monoisotopic (exact) mass is 477 g/mol. The van der Waals surface area contributed by atoms with Gasteiger partial charge in [-0.15, -0.1) is 0 Å². The van der Waals surface area contributed by atoms with E-state index in [1.54, 1.807) is 6.07 Å². The average molecular weight is 478 g/mol. The summed E-state index contributed by atoms with van der Waals surface area (Å²) in [5.41, 5.74) is 4.50. The number of hydrogen-bond donors (Lipinski definition) is 1. The predicted octanol–water partition coefficient (Wildman–Crippen LogP) is 7.09. The van der Waals surface area contributed by atoms with Gasteiger partial charge in [-0.2, -0.15) is 13.2 Å². The molecule has 7 heteroatoms. The second kappa shape index (κ2) is 9.58. The fourth-order valence-electron chi connectivity index (χ4n) is 4.52. The number of nitrogens with zero attached hydrogens (tertiary/aromatic N) is 2. The maximum atomic E-state index is 13.6. The molecule has 0 atom stereocenters. The van der Waals surface area contributed by atoms with Crippen molar-refractivity contribution < 1.29 is 17.9 Å². The van der Waals surface area contributed by atoms with Gasteiger partial charge in [0.25, 0.3) is 0 Å². The number of para-hydroxylation sites is 1. The van der Waals surface area contributed by atoms with Gasteiger partial charge in [-0.25, -0.2) is 0 Å². The summed E-state index contributed by atoms with van der Waals surface area (Å²) in [4.78, 5) is 6.82. The van der Waals surface area contributed by atoms with Crippen LogP contribution in [0.2, 0.25) is 0 Å². The number of pyridine rings is 1. The summed E-state index contributed by atoms with van der Waals surface area (Å²) in [5.74, 6) is 0.196. The standard InChI is InChI=1S/C28H26F3N3O/c1-19-13-27(25-9-4-5-10-26(25)32-19)33-23-14-22(28(29,30)31)15-24(16-23)35-12-6-11-34-17-20-7-2-3-8-21(20)18-34/h2-5,7-10,13-16H,6,11-12,17-18H2,1H3,(H,32,33). The van der Waals surface area contributed by atoms with Crippen LogP contribution in [0, 0.1) is 6.92 Å². The average Bonchev–Trinajstić information content (AvgIpc) is 3.24. The Morgan fingerprint density at radius 2 is 1.66 bits per heavy atom. The van der Waals surface area contributed by atoms with E-state index >= 15 is 0 Å². The number of rotatable bonds is 7. The van der Waals surface area contributed by atoms with Gasteiger partial charge >= 0.3 is 6.18 Å². The van der Waals surface area contributed by atoms with Crippen LogP contribution < -0.4 is 10.1 Å². The van der Waals surface area contributed by atoms with Gasteiger partial charge < -0.3 is 10.1 Å². The van der Waals surface area contributed by atoms with E-state index in [2.05, 4.69) is 27.3 Å². The Hall–Kier alpha value is -3.58. The Morgan fingerprint density at radius 1 is 0.943 bits per heavy atom. The third kappa shape index (κ3) is 5.41.